The standard InChI is InChI=1S/C13H19N3O3.2ClH/c17-16(18)12-5-4-11(19-12)13(10-2-1-3-10)15-8-6-14-7-9-15;;/h4-5,10,13-14H,1-3,6-9H2;2*1H/t13-;;/m1../s1. The molecule has 1 aromatic rings. The Balaban J connectivity index is 0.00000110. The highest BCUT2D eigenvalue weighted by Crippen LogP contribution is 2.42. The summed E-state index contributed by atoms with van der Waals surface area (Å²) < 4.78 is 5.46. The first-order valence-corrected chi connectivity index (χ1v) is 6.94. The number of nitrogens with one attached hydrogen (secondary N) is 1. The first kappa shape index (κ1) is 18.2. The maximum absolute atomic E-state index is 10.8. The summed E-state index contributed by atoms with van der Waals surface area (Å²) in [7, 11) is 0. The molecule has 1 aliphatic heterocycles. The number of hydrogen-bond acceptors (Lipinski definition) is 5. The van der Waals surface area contributed by atoms with Gasteiger partial charge in [0.2, 0.25) is 0 Å². The molecule has 0 amide bonds. The molecule has 0 aromatic carbocycles. The van der Waals surface area contributed by atoms with E-state index >= 15 is 0 Å². The van der Waals surface area contributed by atoms with E-state index in [1.807, 2.05) is 0 Å². The molecule has 1 aromatic heterocycles. The molecule has 3 rings (SSSR count). The normalized spacial score (nSPS) is 20.8. The zero-order valence-electron chi connectivity index (χ0n) is 11.7. The Morgan fingerprint density at radius 3 is 2.43 bits per heavy atom. The number of halogens is 2. The van der Waals surface area contributed by atoms with Crippen molar-refractivity contribution in [2.24, 2.45) is 5.92 Å². The molecule has 2 heterocycles. The predicted molar refractivity (Wildman–Crippen MR) is 84.4 cm³/mol. The number of piperazine rings is 1. The molecule has 120 valence electrons. The Bertz CT molecular complexity index is 459. The third-order valence-electron chi connectivity index (χ3n) is 4.23. The lowest BCUT2D eigenvalue weighted by Crippen LogP contribution is -2.47. The molecule has 8 heteroatoms. The average molecular weight is 338 g/mol. The van der Waals surface area contributed by atoms with Crippen LogP contribution in [-0.4, -0.2) is 36.0 Å². The summed E-state index contributed by atoms with van der Waals surface area (Å²) in [5.74, 6) is 1.21. The van der Waals surface area contributed by atoms with Crippen LogP contribution in [0.2, 0.25) is 0 Å². The average Bonchev–Trinajstić information content (AvgIpc) is 2.84. The maximum atomic E-state index is 10.8. The highest BCUT2D eigenvalue weighted by Gasteiger charge is 2.36. The molecular weight excluding hydrogens is 317 g/mol. The molecule has 21 heavy (non-hydrogen) atoms. The maximum Gasteiger partial charge on any atom is 0.433 e. The summed E-state index contributed by atoms with van der Waals surface area (Å²) in [6.45, 7) is 3.92. The van der Waals surface area contributed by atoms with Crippen LogP contribution >= 0.6 is 24.8 Å². The van der Waals surface area contributed by atoms with Gasteiger partial charge in [0, 0.05) is 26.2 Å². The van der Waals surface area contributed by atoms with Crippen molar-refractivity contribution in [1.82, 2.24) is 10.2 Å². The van der Waals surface area contributed by atoms with Gasteiger partial charge < -0.3 is 9.73 Å². The zero-order chi connectivity index (χ0) is 13.2. The minimum atomic E-state index is -0.459. The van der Waals surface area contributed by atoms with Gasteiger partial charge in [0.15, 0.2) is 0 Å². The fourth-order valence-corrected chi connectivity index (χ4v) is 3.03. The summed E-state index contributed by atoms with van der Waals surface area (Å²) in [5, 5.41) is 14.1. The lowest BCUT2D eigenvalue weighted by atomic mass is 9.78. The Morgan fingerprint density at radius 2 is 1.95 bits per heavy atom. The van der Waals surface area contributed by atoms with Crippen molar-refractivity contribution in [3.05, 3.63) is 28.0 Å². The van der Waals surface area contributed by atoms with Gasteiger partial charge in [0.25, 0.3) is 0 Å². The molecule has 0 unspecified atom stereocenters. The molecule has 2 aliphatic rings. The summed E-state index contributed by atoms with van der Waals surface area (Å²) in [6.07, 6.45) is 3.66. The van der Waals surface area contributed by atoms with Crippen LogP contribution in [0, 0.1) is 16.0 Å². The quantitative estimate of drug-likeness (QED) is 0.675. The monoisotopic (exact) mass is 337 g/mol. The molecule has 1 saturated carbocycles. The van der Waals surface area contributed by atoms with Gasteiger partial charge in [-0.25, -0.2) is 0 Å². The van der Waals surface area contributed by atoms with Gasteiger partial charge >= 0.3 is 5.88 Å². The van der Waals surface area contributed by atoms with Crippen LogP contribution in [-0.2, 0) is 0 Å². The second-order valence-electron chi connectivity index (χ2n) is 5.35. The number of rotatable bonds is 4. The van der Waals surface area contributed by atoms with Crippen LogP contribution < -0.4 is 5.32 Å². The van der Waals surface area contributed by atoms with Crippen LogP contribution in [0.4, 0.5) is 5.88 Å². The molecule has 6 nitrogen and oxygen atoms in total. The topological polar surface area (TPSA) is 71.6 Å². The molecule has 1 N–H and O–H groups in total. The molecule has 0 spiro atoms. The first-order valence-electron chi connectivity index (χ1n) is 6.94. The Hall–Kier alpha value is -0.820. The molecule has 1 atom stereocenters. The van der Waals surface area contributed by atoms with Crippen molar-refractivity contribution < 1.29 is 9.34 Å². The van der Waals surface area contributed by atoms with Crippen LogP contribution in [0.15, 0.2) is 16.5 Å². The molecule has 1 aliphatic carbocycles. The number of nitro groups is 1. The Labute approximate surface area is 136 Å². The van der Waals surface area contributed by atoms with E-state index in [0.717, 1.165) is 31.9 Å². The van der Waals surface area contributed by atoms with Crippen LogP contribution in [0.5, 0.6) is 0 Å². The lowest BCUT2D eigenvalue weighted by molar-refractivity contribution is -0.402. The predicted octanol–water partition coefficient (Wildman–Crippen LogP) is 2.78. The minimum absolute atomic E-state index is 0. The van der Waals surface area contributed by atoms with Gasteiger partial charge in [0.1, 0.15) is 10.7 Å². The fourth-order valence-electron chi connectivity index (χ4n) is 3.03. The van der Waals surface area contributed by atoms with E-state index in [0.29, 0.717) is 5.92 Å². The molecule has 1 saturated heterocycles. The van der Waals surface area contributed by atoms with Gasteiger partial charge in [-0.2, -0.15) is 0 Å². The molecule has 2 fully saturated rings. The van der Waals surface area contributed by atoms with E-state index in [2.05, 4.69) is 10.2 Å². The minimum Gasteiger partial charge on any atom is -0.404 e. The first-order chi connectivity index (χ1) is 9.25. The SMILES string of the molecule is Cl.Cl.O=[N+]([O-])c1ccc([C@@H](C2CCC2)N2CCNCC2)o1. The molecule has 0 bridgehead atoms. The van der Waals surface area contributed by atoms with Crippen molar-refractivity contribution in [3.8, 4) is 0 Å². The number of furan rings is 1. The fraction of sp³-hybridized carbons (Fsp3) is 0.692. The van der Waals surface area contributed by atoms with Crippen LogP contribution in [0.25, 0.3) is 0 Å². The summed E-state index contributed by atoms with van der Waals surface area (Å²) >= 11 is 0. The second kappa shape index (κ2) is 7.98. The Morgan fingerprint density at radius 1 is 1.29 bits per heavy atom. The van der Waals surface area contributed by atoms with Gasteiger partial charge in [-0.3, -0.25) is 15.0 Å². The van der Waals surface area contributed by atoms with Crippen LogP contribution in [0.3, 0.4) is 0 Å². The third-order valence-corrected chi connectivity index (χ3v) is 4.23. The second-order valence-corrected chi connectivity index (χ2v) is 5.35. The lowest BCUT2D eigenvalue weighted by Gasteiger charge is -2.41. The number of nitrogens with zero attached hydrogens (tertiary/aromatic N) is 2. The molecular formula is C13H21Cl2N3O3. The summed E-state index contributed by atoms with van der Waals surface area (Å²) in [5.41, 5.74) is 0. The van der Waals surface area contributed by atoms with Gasteiger partial charge in [-0.15, -0.1) is 24.8 Å². The van der Waals surface area contributed by atoms with Gasteiger partial charge in [-0.05, 0) is 24.8 Å². The largest absolute Gasteiger partial charge is 0.433 e. The van der Waals surface area contributed by atoms with Gasteiger partial charge in [-0.1, -0.05) is 6.42 Å². The summed E-state index contributed by atoms with van der Waals surface area (Å²) in [4.78, 5) is 12.7. The highest BCUT2D eigenvalue weighted by molar-refractivity contribution is 5.85. The van der Waals surface area contributed by atoms with Crippen molar-refractivity contribution in [2.45, 2.75) is 25.3 Å². The van der Waals surface area contributed by atoms with E-state index in [1.54, 1.807) is 6.07 Å². The van der Waals surface area contributed by atoms with Crippen molar-refractivity contribution in [1.29, 1.82) is 0 Å². The summed E-state index contributed by atoms with van der Waals surface area (Å²) in [6, 6.07) is 3.47. The van der Waals surface area contributed by atoms with E-state index in [-0.39, 0.29) is 36.7 Å². The Kier molecular flexibility index (Phi) is 6.93. The molecule has 0 radical (unpaired) electrons. The smallest absolute Gasteiger partial charge is 0.404 e. The number of hydrogen-bond donors (Lipinski definition) is 1. The van der Waals surface area contributed by atoms with Crippen molar-refractivity contribution >= 4 is 30.7 Å². The van der Waals surface area contributed by atoms with Crippen molar-refractivity contribution in [2.75, 3.05) is 26.2 Å². The van der Waals surface area contributed by atoms with Crippen molar-refractivity contribution in [3.63, 3.8) is 0 Å². The highest BCUT2D eigenvalue weighted by atomic mass is 35.5. The third kappa shape index (κ3) is 3.88. The van der Waals surface area contributed by atoms with E-state index < -0.39 is 4.92 Å². The van der Waals surface area contributed by atoms with E-state index in [4.69, 9.17) is 4.42 Å². The zero-order valence-corrected chi connectivity index (χ0v) is 13.3. The van der Waals surface area contributed by atoms with E-state index in [9.17, 15) is 10.1 Å². The van der Waals surface area contributed by atoms with Crippen LogP contribution in [0.1, 0.15) is 31.1 Å². The van der Waals surface area contributed by atoms with Gasteiger partial charge in [0.05, 0.1) is 12.1 Å². The van der Waals surface area contributed by atoms with E-state index in [1.165, 1.54) is 25.3 Å².